The van der Waals surface area contributed by atoms with Gasteiger partial charge in [0.15, 0.2) is 5.78 Å². The molecule has 0 aliphatic carbocycles. The number of aliphatic hydroxyl groups excluding tert-OH is 1. The quantitative estimate of drug-likeness (QED) is 0.600. The molecule has 146 valence electrons. The van der Waals surface area contributed by atoms with E-state index in [-0.39, 0.29) is 42.3 Å². The van der Waals surface area contributed by atoms with Crippen molar-refractivity contribution in [1.29, 1.82) is 0 Å². The first-order valence-corrected chi connectivity index (χ1v) is 8.98. The van der Waals surface area contributed by atoms with E-state index in [1.807, 2.05) is 26.0 Å². The van der Waals surface area contributed by atoms with E-state index in [1.165, 1.54) is 18.2 Å². The largest absolute Gasteiger partial charge is 0.508 e. The average molecular weight is 374 g/mol. The van der Waals surface area contributed by atoms with Gasteiger partial charge in [-0.15, -0.1) is 0 Å². The molecule has 6 nitrogen and oxygen atoms in total. The van der Waals surface area contributed by atoms with Crippen LogP contribution in [-0.2, 0) is 4.79 Å². The third kappa shape index (κ3) is 5.20. The fourth-order valence-electron chi connectivity index (χ4n) is 3.06. The van der Waals surface area contributed by atoms with Gasteiger partial charge in [0, 0.05) is 6.42 Å². The Kier molecular flexibility index (Phi) is 6.80. The number of carboxylic acids is 1. The Hall–Kier alpha value is -2.60. The van der Waals surface area contributed by atoms with E-state index in [9.17, 15) is 19.8 Å². The zero-order chi connectivity index (χ0) is 20.0. The minimum Gasteiger partial charge on any atom is -0.508 e. The maximum atomic E-state index is 12.4. The second-order valence-electron chi connectivity index (χ2n) is 7.02. The van der Waals surface area contributed by atoms with E-state index < -0.39 is 11.6 Å². The number of aromatic hydroxyl groups is 1. The normalized spacial score (nSPS) is 20.2. The van der Waals surface area contributed by atoms with Crippen molar-refractivity contribution in [2.45, 2.75) is 51.6 Å². The molecule has 1 aliphatic heterocycles. The van der Waals surface area contributed by atoms with Gasteiger partial charge in [-0.3, -0.25) is 4.79 Å². The predicted octanol–water partition coefficient (Wildman–Crippen LogP) is 3.63. The number of carboxylic acid groups (broad SMARTS) is 1. The molecule has 0 radical (unpaired) electrons. The third-order valence-corrected chi connectivity index (χ3v) is 4.73. The number of Topliss-reactive ketones (excluding diaryl/α,β-unsaturated/α-hetero) is 1. The SMILES string of the molecule is C/C(=C/CC/C(C)=C/CC[C@]1(C(=O)O)CC(=O)c2cc(O)ccc2O1)CO. The third-order valence-electron chi connectivity index (χ3n) is 4.73. The molecule has 1 heterocycles. The molecule has 0 amide bonds. The maximum absolute atomic E-state index is 12.4. The molecule has 0 fully saturated rings. The van der Waals surface area contributed by atoms with Gasteiger partial charge in [-0.1, -0.05) is 23.3 Å². The summed E-state index contributed by atoms with van der Waals surface area (Å²) in [6, 6.07) is 4.10. The zero-order valence-corrected chi connectivity index (χ0v) is 15.7. The smallest absolute Gasteiger partial charge is 0.348 e. The number of hydrogen-bond donors (Lipinski definition) is 3. The summed E-state index contributed by atoms with van der Waals surface area (Å²) >= 11 is 0. The van der Waals surface area contributed by atoms with Crippen molar-refractivity contribution in [1.82, 2.24) is 0 Å². The minimum atomic E-state index is -1.59. The summed E-state index contributed by atoms with van der Waals surface area (Å²) in [4.78, 5) is 24.3. The van der Waals surface area contributed by atoms with E-state index in [0.29, 0.717) is 6.42 Å². The van der Waals surface area contributed by atoms with Crippen molar-refractivity contribution in [3.05, 3.63) is 47.1 Å². The number of phenols is 1. The fraction of sp³-hybridized carbons (Fsp3) is 0.429. The number of aliphatic hydroxyl groups is 1. The summed E-state index contributed by atoms with van der Waals surface area (Å²) in [6.07, 6.45) is 5.96. The van der Waals surface area contributed by atoms with Gasteiger partial charge in [0.25, 0.3) is 0 Å². The van der Waals surface area contributed by atoms with Gasteiger partial charge in [-0.25, -0.2) is 4.79 Å². The molecule has 0 spiro atoms. The second kappa shape index (κ2) is 8.86. The van der Waals surface area contributed by atoms with Crippen LogP contribution in [0.25, 0.3) is 0 Å². The lowest BCUT2D eigenvalue weighted by Gasteiger charge is -2.34. The van der Waals surface area contributed by atoms with Crippen LogP contribution in [-0.4, -0.2) is 39.3 Å². The van der Waals surface area contributed by atoms with Gasteiger partial charge in [-0.05, 0) is 51.3 Å². The minimum absolute atomic E-state index is 0.0501. The summed E-state index contributed by atoms with van der Waals surface area (Å²) in [6.45, 7) is 3.89. The van der Waals surface area contributed by atoms with Crippen molar-refractivity contribution < 1.29 is 29.6 Å². The summed E-state index contributed by atoms with van der Waals surface area (Å²) in [5.74, 6) is -1.38. The fourth-order valence-corrected chi connectivity index (χ4v) is 3.06. The Morgan fingerprint density at radius 1 is 1.22 bits per heavy atom. The van der Waals surface area contributed by atoms with Crippen molar-refractivity contribution in [2.75, 3.05) is 6.61 Å². The maximum Gasteiger partial charge on any atom is 0.348 e. The monoisotopic (exact) mass is 374 g/mol. The van der Waals surface area contributed by atoms with E-state index >= 15 is 0 Å². The second-order valence-corrected chi connectivity index (χ2v) is 7.02. The first-order chi connectivity index (χ1) is 12.8. The highest BCUT2D eigenvalue weighted by molar-refractivity contribution is 6.03. The Morgan fingerprint density at radius 3 is 2.59 bits per heavy atom. The number of carbonyl (C=O) groups is 2. The number of phenolic OH excluding ortho intramolecular Hbond substituents is 1. The number of aliphatic carboxylic acids is 1. The lowest BCUT2D eigenvalue weighted by atomic mass is 9.86. The number of allylic oxidation sites excluding steroid dienone is 3. The molecule has 27 heavy (non-hydrogen) atoms. The van der Waals surface area contributed by atoms with Crippen LogP contribution in [0.2, 0.25) is 0 Å². The first-order valence-electron chi connectivity index (χ1n) is 8.98. The Morgan fingerprint density at radius 2 is 1.93 bits per heavy atom. The summed E-state index contributed by atoms with van der Waals surface area (Å²) < 4.78 is 5.72. The highest BCUT2D eigenvalue weighted by Crippen LogP contribution is 2.38. The topological polar surface area (TPSA) is 104 Å². The number of rotatable bonds is 8. The Labute approximate surface area is 158 Å². The number of ketones is 1. The van der Waals surface area contributed by atoms with Gasteiger partial charge in [-0.2, -0.15) is 0 Å². The van der Waals surface area contributed by atoms with E-state index in [0.717, 1.165) is 24.0 Å². The van der Waals surface area contributed by atoms with E-state index in [1.54, 1.807) is 0 Å². The first kappa shape index (κ1) is 20.7. The predicted molar refractivity (Wildman–Crippen MR) is 101 cm³/mol. The summed E-state index contributed by atoms with van der Waals surface area (Å²) in [5.41, 5.74) is 0.659. The lowest BCUT2D eigenvalue weighted by Crippen LogP contribution is -2.49. The van der Waals surface area contributed by atoms with Crippen LogP contribution in [0.3, 0.4) is 0 Å². The number of benzene rings is 1. The van der Waals surface area contributed by atoms with Crippen molar-refractivity contribution >= 4 is 11.8 Å². The van der Waals surface area contributed by atoms with Crippen molar-refractivity contribution in [3.8, 4) is 11.5 Å². The number of hydrogen-bond acceptors (Lipinski definition) is 5. The standard InChI is InChI=1S/C21H26O6/c1-14(5-3-6-15(2)13-22)7-4-10-21(20(25)26)12-18(24)17-11-16(23)8-9-19(17)27-21/h6-9,11,22-23H,3-5,10,12-13H2,1-2H3,(H,25,26)/b14-7+,15-6-/t21-/m1/s1. The Bertz CT molecular complexity index is 777. The van der Waals surface area contributed by atoms with Crippen LogP contribution in [0, 0.1) is 0 Å². The van der Waals surface area contributed by atoms with Crippen LogP contribution in [0.15, 0.2) is 41.5 Å². The van der Waals surface area contributed by atoms with Gasteiger partial charge < -0.3 is 20.1 Å². The Balaban J connectivity index is 2.06. The molecule has 3 N–H and O–H groups in total. The molecule has 1 aliphatic rings. The lowest BCUT2D eigenvalue weighted by molar-refractivity contribution is -0.156. The van der Waals surface area contributed by atoms with E-state index in [4.69, 9.17) is 9.84 Å². The molecule has 0 saturated carbocycles. The molecule has 0 saturated heterocycles. The number of carbonyl (C=O) groups excluding carboxylic acids is 1. The van der Waals surface area contributed by atoms with Gasteiger partial charge in [0.05, 0.1) is 18.6 Å². The average Bonchev–Trinajstić information content (AvgIpc) is 2.62. The highest BCUT2D eigenvalue weighted by Gasteiger charge is 2.46. The summed E-state index contributed by atoms with van der Waals surface area (Å²) in [5, 5.41) is 28.2. The van der Waals surface area contributed by atoms with Gasteiger partial charge in [0.2, 0.25) is 5.60 Å². The molecular weight excluding hydrogens is 348 g/mol. The van der Waals surface area contributed by atoms with Crippen molar-refractivity contribution in [3.63, 3.8) is 0 Å². The molecule has 1 atom stereocenters. The summed E-state index contributed by atoms with van der Waals surface area (Å²) in [7, 11) is 0. The molecule has 0 unspecified atom stereocenters. The van der Waals surface area contributed by atoms with Crippen molar-refractivity contribution in [2.24, 2.45) is 0 Å². The van der Waals surface area contributed by atoms with Crippen LogP contribution in [0.4, 0.5) is 0 Å². The molecule has 0 bridgehead atoms. The van der Waals surface area contributed by atoms with Crippen LogP contribution in [0.1, 0.15) is 56.3 Å². The van der Waals surface area contributed by atoms with Gasteiger partial charge >= 0.3 is 5.97 Å². The van der Waals surface area contributed by atoms with Crippen LogP contribution >= 0.6 is 0 Å². The molecular formula is C21H26O6. The van der Waals surface area contributed by atoms with Gasteiger partial charge in [0.1, 0.15) is 11.5 Å². The van der Waals surface area contributed by atoms with E-state index in [2.05, 4.69) is 0 Å². The molecule has 1 aromatic carbocycles. The highest BCUT2D eigenvalue weighted by atomic mass is 16.5. The molecule has 2 rings (SSSR count). The van der Waals surface area contributed by atoms with Crippen LogP contribution < -0.4 is 4.74 Å². The number of ether oxygens (including phenoxy) is 1. The number of fused-ring (bicyclic) bond motifs is 1. The molecule has 6 heteroatoms. The molecule has 1 aromatic rings. The van der Waals surface area contributed by atoms with Crippen LogP contribution in [0.5, 0.6) is 11.5 Å². The zero-order valence-electron chi connectivity index (χ0n) is 15.7. The molecule has 0 aromatic heterocycles.